The Kier molecular flexibility index (Phi) is 7.20. The molecule has 2 aliphatic rings. The fraction of sp³-hybridized carbons (Fsp3) is 0.464. The molecule has 5 rings (SSSR count). The van der Waals surface area contributed by atoms with Gasteiger partial charge in [0.2, 0.25) is 0 Å². The molecular weight excluding hydrogens is 408 g/mol. The molecule has 5 heteroatoms. The van der Waals surface area contributed by atoms with Gasteiger partial charge in [0.15, 0.2) is 0 Å². The van der Waals surface area contributed by atoms with E-state index in [-0.39, 0.29) is 0 Å². The maximum atomic E-state index is 5.45. The van der Waals surface area contributed by atoms with Crippen molar-refractivity contribution in [2.75, 3.05) is 39.9 Å². The largest absolute Gasteiger partial charge is 0.383 e. The van der Waals surface area contributed by atoms with Gasteiger partial charge in [0.05, 0.1) is 12.3 Å². The van der Waals surface area contributed by atoms with E-state index in [2.05, 4.69) is 63.4 Å². The number of ether oxygens (including phenoxy) is 1. The molecule has 0 N–H and O–H groups in total. The van der Waals surface area contributed by atoms with Crippen LogP contribution in [0.25, 0.3) is 5.69 Å². The van der Waals surface area contributed by atoms with Gasteiger partial charge in [-0.25, -0.2) is 4.68 Å². The highest BCUT2D eigenvalue weighted by Gasteiger charge is 2.31. The Morgan fingerprint density at radius 2 is 1.91 bits per heavy atom. The Balaban J connectivity index is 1.22. The van der Waals surface area contributed by atoms with Crippen molar-refractivity contribution in [3.05, 3.63) is 83.7 Å². The van der Waals surface area contributed by atoms with Gasteiger partial charge >= 0.3 is 0 Å². The Hall–Kier alpha value is -2.47. The first-order chi connectivity index (χ1) is 16.3. The molecule has 1 fully saturated rings. The summed E-state index contributed by atoms with van der Waals surface area (Å²) in [6.45, 7) is 6.28. The second kappa shape index (κ2) is 10.6. The summed E-state index contributed by atoms with van der Waals surface area (Å²) in [6, 6.07) is 20.4. The third-order valence-corrected chi connectivity index (χ3v) is 7.31. The summed E-state index contributed by atoms with van der Waals surface area (Å²) < 4.78 is 7.39. The smallest absolute Gasteiger partial charge is 0.0648 e. The average molecular weight is 445 g/mol. The van der Waals surface area contributed by atoms with Crippen molar-refractivity contribution < 1.29 is 4.74 Å². The van der Waals surface area contributed by atoms with Crippen LogP contribution in [0.3, 0.4) is 0 Å². The molecule has 2 heterocycles. The number of piperidine rings is 1. The van der Waals surface area contributed by atoms with Crippen molar-refractivity contribution in [2.24, 2.45) is 5.92 Å². The highest BCUT2D eigenvalue weighted by molar-refractivity contribution is 5.35. The fourth-order valence-electron chi connectivity index (χ4n) is 5.67. The number of hydrogen-bond donors (Lipinski definition) is 0. The monoisotopic (exact) mass is 444 g/mol. The molecule has 3 aromatic rings. The molecule has 33 heavy (non-hydrogen) atoms. The molecule has 174 valence electrons. The van der Waals surface area contributed by atoms with Gasteiger partial charge in [-0.2, -0.15) is 5.10 Å². The van der Waals surface area contributed by atoms with Gasteiger partial charge < -0.3 is 4.74 Å². The van der Waals surface area contributed by atoms with Crippen LogP contribution in [-0.4, -0.2) is 65.5 Å². The number of nitrogens with zero attached hydrogens (tertiary/aromatic N) is 4. The topological polar surface area (TPSA) is 33.5 Å². The van der Waals surface area contributed by atoms with Crippen LogP contribution < -0.4 is 0 Å². The van der Waals surface area contributed by atoms with Crippen LogP contribution in [0.4, 0.5) is 0 Å². The number of fused-ring (bicyclic) bond motifs is 1. The van der Waals surface area contributed by atoms with Crippen LogP contribution in [0, 0.1) is 5.92 Å². The first-order valence-corrected chi connectivity index (χ1v) is 12.4. The molecule has 2 aromatic carbocycles. The lowest BCUT2D eigenvalue weighted by molar-refractivity contribution is 0.0844. The Morgan fingerprint density at radius 1 is 1.06 bits per heavy atom. The highest BCUT2D eigenvalue weighted by Crippen LogP contribution is 2.29. The second-order valence-corrected chi connectivity index (χ2v) is 9.68. The van der Waals surface area contributed by atoms with Crippen molar-refractivity contribution >= 4 is 0 Å². The molecule has 0 radical (unpaired) electrons. The second-order valence-electron chi connectivity index (χ2n) is 9.68. The van der Waals surface area contributed by atoms with E-state index in [1.807, 2.05) is 23.1 Å². The molecule has 0 saturated carbocycles. The molecule has 0 amide bonds. The number of hydrogen-bond acceptors (Lipinski definition) is 4. The van der Waals surface area contributed by atoms with E-state index in [1.54, 1.807) is 18.2 Å². The van der Waals surface area contributed by atoms with E-state index < -0.39 is 0 Å². The number of benzene rings is 2. The van der Waals surface area contributed by atoms with E-state index in [4.69, 9.17) is 4.74 Å². The third kappa shape index (κ3) is 5.55. The normalized spacial score (nSPS) is 19.3. The molecule has 1 unspecified atom stereocenters. The number of rotatable bonds is 9. The standard InChI is InChI=1S/C28H36N4O/c1-33-16-15-30(20-23-7-4-11-27(17-23)32-14-6-12-29-32)21-24-8-5-13-31(22-24)28-18-25-9-2-3-10-26(25)19-28/h2-4,6-7,9-12,14,17,24,28H,5,8,13,15-16,18-22H2,1H3. The number of aromatic nitrogens is 2. The zero-order valence-corrected chi connectivity index (χ0v) is 19.8. The van der Waals surface area contributed by atoms with E-state index in [0.717, 1.165) is 31.9 Å². The zero-order chi connectivity index (χ0) is 22.5. The van der Waals surface area contributed by atoms with Crippen LogP contribution in [0.15, 0.2) is 67.0 Å². The van der Waals surface area contributed by atoms with E-state index >= 15 is 0 Å². The zero-order valence-electron chi connectivity index (χ0n) is 19.8. The van der Waals surface area contributed by atoms with Gasteiger partial charge in [-0.05, 0) is 73.0 Å². The van der Waals surface area contributed by atoms with Crippen molar-refractivity contribution in [3.8, 4) is 5.69 Å². The molecule has 1 aromatic heterocycles. The molecule has 0 spiro atoms. The summed E-state index contributed by atoms with van der Waals surface area (Å²) in [7, 11) is 1.80. The Morgan fingerprint density at radius 3 is 2.67 bits per heavy atom. The van der Waals surface area contributed by atoms with Gasteiger partial charge in [-0.15, -0.1) is 0 Å². The summed E-state index contributed by atoms with van der Waals surface area (Å²) in [4.78, 5) is 5.37. The predicted molar refractivity (Wildman–Crippen MR) is 133 cm³/mol. The minimum Gasteiger partial charge on any atom is -0.383 e. The van der Waals surface area contributed by atoms with Gasteiger partial charge in [-0.3, -0.25) is 9.80 Å². The molecule has 1 saturated heterocycles. The van der Waals surface area contributed by atoms with Crippen LogP contribution in [0.2, 0.25) is 0 Å². The molecule has 1 atom stereocenters. The van der Waals surface area contributed by atoms with Crippen LogP contribution in [0.5, 0.6) is 0 Å². The molecule has 5 nitrogen and oxygen atoms in total. The summed E-state index contributed by atoms with van der Waals surface area (Å²) in [5, 5.41) is 4.39. The van der Waals surface area contributed by atoms with E-state index in [9.17, 15) is 0 Å². The first kappa shape index (κ1) is 22.3. The molecule has 1 aliphatic carbocycles. The van der Waals surface area contributed by atoms with Crippen molar-refractivity contribution in [2.45, 2.75) is 38.3 Å². The van der Waals surface area contributed by atoms with Crippen LogP contribution in [0.1, 0.15) is 29.5 Å². The maximum absolute atomic E-state index is 5.45. The summed E-state index contributed by atoms with van der Waals surface area (Å²) >= 11 is 0. The van der Waals surface area contributed by atoms with Crippen molar-refractivity contribution in [3.63, 3.8) is 0 Å². The van der Waals surface area contributed by atoms with Gasteiger partial charge in [0, 0.05) is 51.7 Å². The van der Waals surface area contributed by atoms with Crippen molar-refractivity contribution in [1.82, 2.24) is 19.6 Å². The Labute approximate surface area is 198 Å². The van der Waals surface area contributed by atoms with Crippen LogP contribution in [-0.2, 0) is 24.1 Å². The number of methoxy groups -OCH3 is 1. The molecule has 0 bridgehead atoms. The quantitative estimate of drug-likeness (QED) is 0.495. The lowest BCUT2D eigenvalue weighted by Gasteiger charge is -2.39. The fourth-order valence-corrected chi connectivity index (χ4v) is 5.67. The maximum Gasteiger partial charge on any atom is 0.0648 e. The Bertz CT molecular complexity index is 993. The van der Waals surface area contributed by atoms with Crippen molar-refractivity contribution in [1.29, 1.82) is 0 Å². The third-order valence-electron chi connectivity index (χ3n) is 7.31. The lowest BCUT2D eigenvalue weighted by atomic mass is 9.95. The predicted octanol–water partition coefficient (Wildman–Crippen LogP) is 4.20. The van der Waals surface area contributed by atoms with E-state index in [1.165, 1.54) is 44.3 Å². The molecule has 1 aliphatic heterocycles. The van der Waals surface area contributed by atoms with E-state index in [0.29, 0.717) is 12.0 Å². The summed E-state index contributed by atoms with van der Waals surface area (Å²) in [5.41, 5.74) is 5.57. The summed E-state index contributed by atoms with van der Waals surface area (Å²) in [5.74, 6) is 0.716. The highest BCUT2D eigenvalue weighted by atomic mass is 16.5. The van der Waals surface area contributed by atoms with Gasteiger partial charge in [0.1, 0.15) is 0 Å². The molecular formula is C28H36N4O. The summed E-state index contributed by atoms with van der Waals surface area (Å²) in [6.07, 6.45) is 8.90. The van der Waals surface area contributed by atoms with Gasteiger partial charge in [-0.1, -0.05) is 36.4 Å². The lowest BCUT2D eigenvalue weighted by Crippen LogP contribution is -2.46. The first-order valence-electron chi connectivity index (χ1n) is 12.4. The SMILES string of the molecule is COCCN(Cc1cccc(-n2cccn2)c1)CC1CCCN(C2Cc3ccccc3C2)C1. The minimum absolute atomic E-state index is 0.684. The van der Waals surface area contributed by atoms with Crippen LogP contribution >= 0.6 is 0 Å². The average Bonchev–Trinajstić information content (AvgIpc) is 3.53. The number of likely N-dealkylation sites (tertiary alicyclic amines) is 1. The van der Waals surface area contributed by atoms with Gasteiger partial charge in [0.25, 0.3) is 0 Å². The minimum atomic E-state index is 0.684.